The highest BCUT2D eigenvalue weighted by molar-refractivity contribution is 5.93. The molecule has 132 valence electrons. The van der Waals surface area contributed by atoms with Crippen LogP contribution in [0.5, 0.6) is 0 Å². The first-order valence-corrected chi connectivity index (χ1v) is 6.57. The van der Waals surface area contributed by atoms with E-state index < -0.39 is 35.0 Å². The normalized spacial score (nSPS) is 11.0. The van der Waals surface area contributed by atoms with Crippen LogP contribution in [0.15, 0.2) is 24.3 Å². The number of para-hydroxylation sites is 1. The molecule has 0 saturated heterocycles. The van der Waals surface area contributed by atoms with Gasteiger partial charge in [0.2, 0.25) is 0 Å². The summed E-state index contributed by atoms with van der Waals surface area (Å²) in [6.45, 7) is 0.480. The Morgan fingerprint density at radius 1 is 1.25 bits per heavy atom. The van der Waals surface area contributed by atoms with Gasteiger partial charge in [-0.25, -0.2) is 9.07 Å². The zero-order valence-corrected chi connectivity index (χ0v) is 13.2. The summed E-state index contributed by atoms with van der Waals surface area (Å²) in [7, 11) is 1.63. The monoisotopic (exact) mass is 367 g/mol. The maximum absolute atomic E-state index is 13.7. The first-order chi connectivity index (χ1) is 10.9. The Kier molecular flexibility index (Phi) is 6.67. The smallest absolute Gasteiger partial charge is 0.349 e. The Morgan fingerprint density at radius 2 is 1.92 bits per heavy atom. The van der Waals surface area contributed by atoms with Crippen molar-refractivity contribution in [2.45, 2.75) is 6.18 Å². The van der Waals surface area contributed by atoms with Gasteiger partial charge in [-0.1, -0.05) is 17.3 Å². The van der Waals surface area contributed by atoms with Crippen LogP contribution in [-0.4, -0.2) is 41.0 Å². The van der Waals surface area contributed by atoms with Crippen molar-refractivity contribution in [2.75, 3.05) is 20.1 Å². The molecule has 0 aliphatic rings. The summed E-state index contributed by atoms with van der Waals surface area (Å²) in [5.74, 6) is -1.94. The first kappa shape index (κ1) is 19.8. The summed E-state index contributed by atoms with van der Waals surface area (Å²) in [5, 5.41) is 11.6. The van der Waals surface area contributed by atoms with E-state index in [1.165, 1.54) is 12.1 Å². The molecule has 0 bridgehead atoms. The minimum absolute atomic E-state index is 0. The van der Waals surface area contributed by atoms with Crippen LogP contribution in [0.2, 0.25) is 0 Å². The van der Waals surface area contributed by atoms with Crippen molar-refractivity contribution in [3.05, 3.63) is 41.5 Å². The second kappa shape index (κ2) is 8.06. The van der Waals surface area contributed by atoms with Gasteiger partial charge in [-0.3, -0.25) is 4.79 Å². The second-order valence-corrected chi connectivity index (χ2v) is 4.51. The Labute approximate surface area is 140 Å². The molecule has 2 aromatic rings. The molecule has 0 saturated carbocycles. The van der Waals surface area contributed by atoms with Crippen LogP contribution in [0.1, 0.15) is 16.2 Å². The fraction of sp³-hybridized carbons (Fsp3) is 0.308. The standard InChI is InChI=1S/C13H13F4N5O.ClH/c1-18-6-7-19-12(23)10-11(13(15,16)17)22(21-20-10)9-5-3-2-4-8(9)14;/h2-5,18H,6-7H2,1H3,(H,19,23);1H. The molecule has 0 spiro atoms. The predicted molar refractivity (Wildman–Crippen MR) is 79.8 cm³/mol. The molecule has 1 heterocycles. The molecule has 0 atom stereocenters. The number of carbonyl (C=O) groups is 1. The van der Waals surface area contributed by atoms with Gasteiger partial charge in [0, 0.05) is 13.1 Å². The van der Waals surface area contributed by atoms with E-state index in [1.807, 2.05) is 0 Å². The average molecular weight is 368 g/mol. The molecular weight excluding hydrogens is 354 g/mol. The number of aromatic nitrogens is 3. The number of nitrogens with zero attached hydrogens (tertiary/aromatic N) is 3. The van der Waals surface area contributed by atoms with Gasteiger partial charge >= 0.3 is 6.18 Å². The predicted octanol–water partition coefficient (Wildman–Crippen LogP) is 1.80. The molecule has 2 N–H and O–H groups in total. The van der Waals surface area contributed by atoms with Crippen LogP contribution in [-0.2, 0) is 6.18 Å². The molecule has 24 heavy (non-hydrogen) atoms. The minimum Gasteiger partial charge on any atom is -0.349 e. The summed E-state index contributed by atoms with van der Waals surface area (Å²) in [6.07, 6.45) is -4.93. The van der Waals surface area contributed by atoms with Gasteiger partial charge in [0.25, 0.3) is 5.91 Å². The highest BCUT2D eigenvalue weighted by Gasteiger charge is 2.42. The fourth-order valence-electron chi connectivity index (χ4n) is 1.87. The molecule has 2 rings (SSSR count). The van der Waals surface area contributed by atoms with Crippen LogP contribution >= 0.6 is 12.4 Å². The summed E-state index contributed by atoms with van der Waals surface area (Å²) < 4.78 is 53.9. The van der Waals surface area contributed by atoms with E-state index >= 15 is 0 Å². The first-order valence-electron chi connectivity index (χ1n) is 6.57. The van der Waals surface area contributed by atoms with E-state index in [1.54, 1.807) is 7.05 Å². The lowest BCUT2D eigenvalue weighted by Gasteiger charge is -2.11. The number of amides is 1. The van der Waals surface area contributed by atoms with Gasteiger partial charge in [-0.15, -0.1) is 17.5 Å². The van der Waals surface area contributed by atoms with Gasteiger partial charge in [0.15, 0.2) is 11.4 Å². The van der Waals surface area contributed by atoms with Crippen molar-refractivity contribution < 1.29 is 22.4 Å². The number of benzene rings is 1. The summed E-state index contributed by atoms with van der Waals surface area (Å²) in [5.41, 5.74) is -2.77. The topological polar surface area (TPSA) is 71.8 Å². The van der Waals surface area contributed by atoms with Crippen molar-refractivity contribution in [2.24, 2.45) is 0 Å². The number of alkyl halides is 3. The number of carbonyl (C=O) groups excluding carboxylic acids is 1. The van der Waals surface area contributed by atoms with Gasteiger partial charge < -0.3 is 10.6 Å². The maximum Gasteiger partial charge on any atom is 0.435 e. The molecule has 0 radical (unpaired) electrons. The number of hydrogen-bond donors (Lipinski definition) is 2. The third-order valence-corrected chi connectivity index (χ3v) is 2.90. The van der Waals surface area contributed by atoms with E-state index in [0.717, 1.165) is 12.1 Å². The maximum atomic E-state index is 13.7. The van der Waals surface area contributed by atoms with E-state index in [9.17, 15) is 22.4 Å². The van der Waals surface area contributed by atoms with Crippen molar-refractivity contribution >= 4 is 18.3 Å². The van der Waals surface area contributed by atoms with Crippen LogP contribution in [0, 0.1) is 5.82 Å². The van der Waals surface area contributed by atoms with Crippen molar-refractivity contribution in [1.82, 2.24) is 25.6 Å². The number of likely N-dealkylation sites (N-methyl/N-ethyl adjacent to an activating group) is 1. The lowest BCUT2D eigenvalue weighted by atomic mass is 10.2. The SMILES string of the molecule is CNCCNC(=O)c1nnn(-c2ccccc2F)c1C(F)(F)F.Cl. The van der Waals surface area contributed by atoms with E-state index in [-0.39, 0.29) is 23.6 Å². The van der Waals surface area contributed by atoms with Crippen LogP contribution < -0.4 is 10.6 Å². The molecule has 6 nitrogen and oxygen atoms in total. The average Bonchev–Trinajstić information content (AvgIpc) is 2.93. The summed E-state index contributed by atoms with van der Waals surface area (Å²) in [6, 6.07) is 4.78. The lowest BCUT2D eigenvalue weighted by Crippen LogP contribution is -2.32. The molecule has 1 amide bonds. The third-order valence-electron chi connectivity index (χ3n) is 2.90. The highest BCUT2D eigenvalue weighted by atomic mass is 35.5. The fourth-order valence-corrected chi connectivity index (χ4v) is 1.87. The number of halogens is 5. The molecule has 0 unspecified atom stereocenters. The number of rotatable bonds is 5. The van der Waals surface area contributed by atoms with Gasteiger partial charge in [-0.05, 0) is 19.2 Å². The zero-order chi connectivity index (χ0) is 17.0. The van der Waals surface area contributed by atoms with Crippen LogP contribution in [0.25, 0.3) is 5.69 Å². The molecule has 0 aliphatic carbocycles. The molecule has 0 fully saturated rings. The summed E-state index contributed by atoms with van der Waals surface area (Å²) >= 11 is 0. The molecule has 0 aliphatic heterocycles. The van der Waals surface area contributed by atoms with Crippen molar-refractivity contribution in [3.8, 4) is 5.69 Å². The molecular formula is C13H14ClF4N5O. The Morgan fingerprint density at radius 3 is 2.50 bits per heavy atom. The zero-order valence-electron chi connectivity index (χ0n) is 12.4. The molecule has 1 aromatic heterocycles. The quantitative estimate of drug-likeness (QED) is 0.624. The minimum atomic E-state index is -4.93. The van der Waals surface area contributed by atoms with Gasteiger partial charge in [-0.2, -0.15) is 13.2 Å². The second-order valence-electron chi connectivity index (χ2n) is 4.51. The largest absolute Gasteiger partial charge is 0.435 e. The summed E-state index contributed by atoms with van der Waals surface area (Å²) in [4.78, 5) is 11.9. The Bertz CT molecular complexity index is 704. The molecule has 1 aromatic carbocycles. The third kappa shape index (κ3) is 4.20. The van der Waals surface area contributed by atoms with E-state index in [2.05, 4.69) is 20.9 Å². The van der Waals surface area contributed by atoms with Gasteiger partial charge in [0.05, 0.1) is 0 Å². The number of nitrogens with one attached hydrogen (secondary N) is 2. The Hall–Kier alpha value is -2.20. The van der Waals surface area contributed by atoms with E-state index in [4.69, 9.17) is 0 Å². The van der Waals surface area contributed by atoms with Crippen molar-refractivity contribution in [1.29, 1.82) is 0 Å². The highest BCUT2D eigenvalue weighted by Crippen LogP contribution is 2.33. The lowest BCUT2D eigenvalue weighted by molar-refractivity contribution is -0.143. The number of hydrogen-bond acceptors (Lipinski definition) is 4. The van der Waals surface area contributed by atoms with E-state index in [0.29, 0.717) is 6.54 Å². The Balaban J connectivity index is 0.00000288. The van der Waals surface area contributed by atoms with Crippen molar-refractivity contribution in [3.63, 3.8) is 0 Å². The van der Waals surface area contributed by atoms with Crippen LogP contribution in [0.4, 0.5) is 17.6 Å². The van der Waals surface area contributed by atoms with Gasteiger partial charge in [0.1, 0.15) is 11.5 Å². The molecule has 11 heteroatoms. The van der Waals surface area contributed by atoms with Crippen LogP contribution in [0.3, 0.4) is 0 Å².